The Morgan fingerprint density at radius 2 is 1.79 bits per heavy atom. The van der Waals surface area contributed by atoms with Gasteiger partial charge in [-0.2, -0.15) is 8.42 Å². The Morgan fingerprint density at radius 1 is 1.29 bits per heavy atom. The normalized spacial score (nSPS) is 12.5. The third-order valence-corrected chi connectivity index (χ3v) is 1.92. The standard InChI is InChI=1S/C5H5N.C3H8O4S/c1-2-4-6-5-3-1;1-3(4)2-8(5,6)7/h1-5H;3-4H,2H2,1H3,(H,5,6,7). The zero-order valence-corrected chi connectivity index (χ0v) is 8.55. The first-order valence-corrected chi connectivity index (χ1v) is 5.51. The highest BCUT2D eigenvalue weighted by Gasteiger charge is 2.07. The Kier molecular flexibility index (Phi) is 6.02. The molecule has 14 heavy (non-hydrogen) atoms. The van der Waals surface area contributed by atoms with Crippen LogP contribution in [0.25, 0.3) is 0 Å². The Bertz CT molecular complexity index is 296. The molecule has 2 N–H and O–H groups in total. The van der Waals surface area contributed by atoms with Crippen LogP contribution in [0, 0.1) is 0 Å². The second-order valence-corrected chi connectivity index (χ2v) is 4.12. The summed E-state index contributed by atoms with van der Waals surface area (Å²) in [4.78, 5) is 3.78. The van der Waals surface area contributed by atoms with Crippen molar-refractivity contribution in [2.45, 2.75) is 13.0 Å². The van der Waals surface area contributed by atoms with Crippen molar-refractivity contribution in [3.8, 4) is 0 Å². The number of aliphatic hydroxyl groups is 1. The topological polar surface area (TPSA) is 87.5 Å². The number of aromatic nitrogens is 1. The average Bonchev–Trinajstić information content (AvgIpc) is 2.03. The summed E-state index contributed by atoms with van der Waals surface area (Å²) in [7, 11) is -3.97. The van der Waals surface area contributed by atoms with Crippen LogP contribution in [0.4, 0.5) is 0 Å². The number of hydrogen-bond acceptors (Lipinski definition) is 4. The molecule has 0 aliphatic rings. The average molecular weight is 219 g/mol. The highest BCUT2D eigenvalue weighted by Crippen LogP contribution is 1.86. The highest BCUT2D eigenvalue weighted by atomic mass is 32.2. The summed E-state index contributed by atoms with van der Waals surface area (Å²) in [5, 5.41) is 8.35. The molecule has 0 aromatic carbocycles. The van der Waals surface area contributed by atoms with Gasteiger partial charge < -0.3 is 5.11 Å². The van der Waals surface area contributed by atoms with Crippen molar-refractivity contribution in [2.75, 3.05) is 5.75 Å². The predicted molar refractivity (Wildman–Crippen MR) is 52.3 cm³/mol. The summed E-state index contributed by atoms with van der Waals surface area (Å²) in [6.45, 7) is 1.29. The van der Waals surface area contributed by atoms with Crippen LogP contribution in [0.2, 0.25) is 0 Å². The van der Waals surface area contributed by atoms with Crippen molar-refractivity contribution >= 4 is 10.1 Å². The first-order valence-electron chi connectivity index (χ1n) is 3.90. The van der Waals surface area contributed by atoms with Crippen LogP contribution in [0.1, 0.15) is 6.92 Å². The lowest BCUT2D eigenvalue weighted by molar-refractivity contribution is 0.215. The summed E-state index contributed by atoms with van der Waals surface area (Å²) >= 11 is 0. The quantitative estimate of drug-likeness (QED) is 0.700. The van der Waals surface area contributed by atoms with Crippen molar-refractivity contribution in [3.05, 3.63) is 30.6 Å². The number of pyridine rings is 1. The second-order valence-electron chi connectivity index (χ2n) is 2.62. The molecule has 0 fully saturated rings. The fraction of sp³-hybridized carbons (Fsp3) is 0.375. The van der Waals surface area contributed by atoms with E-state index in [0.29, 0.717) is 0 Å². The van der Waals surface area contributed by atoms with Gasteiger partial charge in [0.1, 0.15) is 5.75 Å². The molecule has 0 spiro atoms. The monoisotopic (exact) mass is 219 g/mol. The first-order chi connectivity index (χ1) is 6.42. The molecule has 0 radical (unpaired) electrons. The number of hydrogen-bond donors (Lipinski definition) is 2. The van der Waals surface area contributed by atoms with E-state index >= 15 is 0 Å². The minimum Gasteiger partial charge on any atom is -0.392 e. The summed E-state index contributed by atoms with van der Waals surface area (Å²) < 4.78 is 27.7. The van der Waals surface area contributed by atoms with Crippen LogP contribution in [-0.4, -0.2) is 34.9 Å². The first kappa shape index (κ1) is 13.0. The summed E-state index contributed by atoms with van der Waals surface area (Å²) in [5.74, 6) is -0.590. The fourth-order valence-corrected chi connectivity index (χ4v) is 1.23. The Morgan fingerprint density at radius 3 is 1.86 bits per heavy atom. The lowest BCUT2D eigenvalue weighted by Crippen LogP contribution is -2.16. The number of aliphatic hydroxyl groups excluding tert-OH is 1. The Labute approximate surface area is 83.2 Å². The zero-order chi connectivity index (χ0) is 11.0. The molecule has 0 amide bonds. The molecule has 1 heterocycles. The van der Waals surface area contributed by atoms with Gasteiger partial charge in [-0.1, -0.05) is 6.07 Å². The third kappa shape index (κ3) is 11.0. The van der Waals surface area contributed by atoms with Gasteiger partial charge in [-0.3, -0.25) is 9.54 Å². The van der Waals surface area contributed by atoms with E-state index in [-0.39, 0.29) is 0 Å². The summed E-state index contributed by atoms with van der Waals surface area (Å²) in [5.41, 5.74) is 0. The van der Waals surface area contributed by atoms with E-state index in [0.717, 1.165) is 0 Å². The van der Waals surface area contributed by atoms with Crippen molar-refractivity contribution < 1.29 is 18.1 Å². The minimum absolute atomic E-state index is 0.590. The maximum absolute atomic E-state index is 9.84. The third-order valence-electron chi connectivity index (χ3n) is 1.02. The lowest BCUT2D eigenvalue weighted by atomic mass is 10.5. The predicted octanol–water partition coefficient (Wildman–Crippen LogP) is 0.337. The molecular weight excluding hydrogens is 206 g/mol. The van der Waals surface area contributed by atoms with Gasteiger partial charge in [0.05, 0.1) is 6.10 Å². The maximum Gasteiger partial charge on any atom is 0.267 e. The van der Waals surface area contributed by atoms with Gasteiger partial charge in [-0.25, -0.2) is 0 Å². The van der Waals surface area contributed by atoms with Crippen LogP contribution in [0.5, 0.6) is 0 Å². The van der Waals surface area contributed by atoms with Crippen LogP contribution in [0.15, 0.2) is 30.6 Å². The molecule has 0 saturated carbocycles. The smallest absolute Gasteiger partial charge is 0.267 e. The van der Waals surface area contributed by atoms with Crippen LogP contribution in [-0.2, 0) is 10.1 Å². The van der Waals surface area contributed by atoms with Crippen molar-refractivity contribution in [2.24, 2.45) is 0 Å². The number of nitrogens with zero attached hydrogens (tertiary/aromatic N) is 1. The summed E-state index contributed by atoms with van der Waals surface area (Å²) in [6.07, 6.45) is 2.50. The van der Waals surface area contributed by atoms with Crippen molar-refractivity contribution in [3.63, 3.8) is 0 Å². The molecule has 0 saturated heterocycles. The van der Waals surface area contributed by atoms with E-state index in [1.165, 1.54) is 6.92 Å². The number of rotatable bonds is 2. The molecule has 1 atom stereocenters. The molecule has 1 aromatic heterocycles. The zero-order valence-electron chi connectivity index (χ0n) is 7.74. The summed E-state index contributed by atoms with van der Waals surface area (Å²) in [6, 6.07) is 5.72. The molecular formula is C8H13NO4S. The Balaban J connectivity index is 0.000000249. The van der Waals surface area contributed by atoms with Crippen LogP contribution < -0.4 is 0 Å². The molecule has 0 bridgehead atoms. The molecule has 1 unspecified atom stereocenters. The van der Waals surface area contributed by atoms with Crippen LogP contribution in [0.3, 0.4) is 0 Å². The molecule has 0 aliphatic heterocycles. The molecule has 0 aliphatic carbocycles. The van der Waals surface area contributed by atoms with E-state index in [4.69, 9.17) is 9.66 Å². The lowest BCUT2D eigenvalue weighted by Gasteiger charge is -1.97. The van der Waals surface area contributed by atoms with Crippen molar-refractivity contribution in [1.29, 1.82) is 0 Å². The highest BCUT2D eigenvalue weighted by molar-refractivity contribution is 7.85. The van der Waals surface area contributed by atoms with Gasteiger partial charge in [-0.05, 0) is 19.1 Å². The van der Waals surface area contributed by atoms with E-state index in [1.807, 2.05) is 18.2 Å². The van der Waals surface area contributed by atoms with Gasteiger partial charge in [0.15, 0.2) is 0 Å². The van der Waals surface area contributed by atoms with Gasteiger partial charge in [0.25, 0.3) is 10.1 Å². The largest absolute Gasteiger partial charge is 0.392 e. The molecule has 1 aromatic rings. The SMILES string of the molecule is CC(O)CS(=O)(=O)O.c1ccncc1. The molecule has 6 heteroatoms. The fourth-order valence-electron chi connectivity index (χ4n) is 0.617. The molecule has 1 rings (SSSR count). The van der Waals surface area contributed by atoms with Gasteiger partial charge >= 0.3 is 0 Å². The Hall–Kier alpha value is -0.980. The van der Waals surface area contributed by atoms with Gasteiger partial charge in [0, 0.05) is 12.4 Å². The van der Waals surface area contributed by atoms with E-state index in [1.54, 1.807) is 12.4 Å². The molecule has 80 valence electrons. The maximum atomic E-state index is 9.84. The minimum atomic E-state index is -3.97. The van der Waals surface area contributed by atoms with Gasteiger partial charge in [-0.15, -0.1) is 0 Å². The second kappa shape index (κ2) is 6.47. The van der Waals surface area contributed by atoms with Crippen LogP contribution >= 0.6 is 0 Å². The molecule has 5 nitrogen and oxygen atoms in total. The van der Waals surface area contributed by atoms with E-state index in [2.05, 4.69) is 4.98 Å². The van der Waals surface area contributed by atoms with E-state index < -0.39 is 22.0 Å². The van der Waals surface area contributed by atoms with Crippen molar-refractivity contribution in [1.82, 2.24) is 4.98 Å². The van der Waals surface area contributed by atoms with Gasteiger partial charge in [0.2, 0.25) is 0 Å². The van der Waals surface area contributed by atoms with E-state index in [9.17, 15) is 8.42 Å².